The lowest BCUT2D eigenvalue weighted by Gasteiger charge is -2.12. The highest BCUT2D eigenvalue weighted by molar-refractivity contribution is 8.18. The van der Waals surface area contributed by atoms with Crippen LogP contribution in [-0.2, 0) is 20.9 Å². The van der Waals surface area contributed by atoms with E-state index in [0.717, 1.165) is 16.7 Å². The number of hydrogen-bond donors (Lipinski definition) is 0. The molecule has 33 heavy (non-hydrogen) atoms. The van der Waals surface area contributed by atoms with Gasteiger partial charge in [-0.3, -0.25) is 24.6 Å². The maximum absolute atomic E-state index is 12.7. The molecule has 1 saturated heterocycles. The van der Waals surface area contributed by atoms with Crippen LogP contribution in [0.1, 0.15) is 18.1 Å². The molecule has 0 atom stereocenters. The molecule has 0 radical (unpaired) electrons. The molecule has 172 valence electrons. The summed E-state index contributed by atoms with van der Waals surface area (Å²) in [7, 11) is 0. The van der Waals surface area contributed by atoms with Crippen molar-refractivity contribution in [3.63, 3.8) is 0 Å². The molecular formula is C21H16Cl2N2O7S. The summed E-state index contributed by atoms with van der Waals surface area (Å²) in [6.07, 6.45) is 1.47. The number of nitro benzene ring substituents is 1. The number of nitro groups is 1. The standard InChI is InChI=1S/C21H16Cl2N2O7S/c1-2-31-18(26)11-32-19-15(22)7-13(8-16(19)23)9-17-20(27)24(21(28)33-17)10-12-3-5-14(6-4-12)25(29)30/h3-9H,2,10-11H2,1H3/b17-9-. The van der Waals surface area contributed by atoms with E-state index in [4.69, 9.17) is 32.7 Å². The zero-order valence-corrected chi connectivity index (χ0v) is 19.4. The smallest absolute Gasteiger partial charge is 0.344 e. The van der Waals surface area contributed by atoms with E-state index in [9.17, 15) is 24.5 Å². The Morgan fingerprint density at radius 1 is 1.18 bits per heavy atom. The summed E-state index contributed by atoms with van der Waals surface area (Å²) in [4.78, 5) is 48.0. The van der Waals surface area contributed by atoms with Gasteiger partial charge in [-0.15, -0.1) is 0 Å². The van der Waals surface area contributed by atoms with E-state index in [-0.39, 0.29) is 46.1 Å². The highest BCUT2D eigenvalue weighted by atomic mass is 35.5. The molecule has 1 heterocycles. The minimum atomic E-state index is -0.574. The predicted molar refractivity (Wildman–Crippen MR) is 123 cm³/mol. The van der Waals surface area contributed by atoms with Crippen molar-refractivity contribution in [2.24, 2.45) is 0 Å². The molecule has 0 unspecified atom stereocenters. The van der Waals surface area contributed by atoms with Crippen molar-refractivity contribution in [3.8, 4) is 5.75 Å². The molecule has 2 amide bonds. The van der Waals surface area contributed by atoms with Crippen LogP contribution in [-0.4, -0.2) is 40.2 Å². The summed E-state index contributed by atoms with van der Waals surface area (Å²) >= 11 is 13.2. The van der Waals surface area contributed by atoms with Crippen LogP contribution in [0.15, 0.2) is 41.3 Å². The molecule has 1 fully saturated rings. The van der Waals surface area contributed by atoms with Crippen molar-refractivity contribution in [2.75, 3.05) is 13.2 Å². The SMILES string of the molecule is CCOC(=O)COc1c(Cl)cc(/C=C2\SC(=O)N(Cc3ccc([N+](=O)[O-])cc3)C2=O)cc1Cl. The summed E-state index contributed by atoms with van der Waals surface area (Å²) in [5, 5.41) is 10.5. The molecule has 0 aliphatic carbocycles. The lowest BCUT2D eigenvalue weighted by molar-refractivity contribution is -0.384. The highest BCUT2D eigenvalue weighted by Crippen LogP contribution is 2.38. The second kappa shape index (κ2) is 10.7. The molecule has 0 N–H and O–H groups in total. The van der Waals surface area contributed by atoms with Gasteiger partial charge in [0.25, 0.3) is 16.8 Å². The first-order valence-corrected chi connectivity index (χ1v) is 11.0. The Morgan fingerprint density at radius 2 is 1.82 bits per heavy atom. The molecule has 1 aliphatic heterocycles. The van der Waals surface area contributed by atoms with Crippen LogP contribution in [0.4, 0.5) is 10.5 Å². The minimum Gasteiger partial charge on any atom is -0.479 e. The van der Waals surface area contributed by atoms with Gasteiger partial charge in [0.15, 0.2) is 12.4 Å². The fraction of sp³-hybridized carbons (Fsp3) is 0.190. The predicted octanol–water partition coefficient (Wildman–Crippen LogP) is 5.08. The second-order valence-corrected chi connectivity index (χ2v) is 8.41. The van der Waals surface area contributed by atoms with Gasteiger partial charge >= 0.3 is 5.97 Å². The van der Waals surface area contributed by atoms with Gasteiger partial charge in [0.1, 0.15) is 0 Å². The van der Waals surface area contributed by atoms with Crippen LogP contribution in [0.2, 0.25) is 10.0 Å². The summed E-state index contributed by atoms with van der Waals surface area (Å²) in [6.45, 7) is 1.48. The molecule has 2 aromatic carbocycles. The van der Waals surface area contributed by atoms with E-state index in [0.29, 0.717) is 11.1 Å². The number of esters is 1. The average molecular weight is 511 g/mol. The van der Waals surface area contributed by atoms with Gasteiger partial charge < -0.3 is 9.47 Å². The van der Waals surface area contributed by atoms with Gasteiger partial charge in [0, 0.05) is 12.1 Å². The Labute approximate surface area is 202 Å². The molecule has 12 heteroatoms. The van der Waals surface area contributed by atoms with E-state index in [1.165, 1.54) is 42.5 Å². The molecule has 0 spiro atoms. The van der Waals surface area contributed by atoms with Crippen molar-refractivity contribution in [3.05, 3.63) is 72.6 Å². The summed E-state index contributed by atoms with van der Waals surface area (Å²) < 4.78 is 10.1. The largest absolute Gasteiger partial charge is 0.479 e. The van der Waals surface area contributed by atoms with Gasteiger partial charge in [-0.2, -0.15) is 0 Å². The van der Waals surface area contributed by atoms with Crippen molar-refractivity contribution in [1.82, 2.24) is 4.90 Å². The molecular weight excluding hydrogens is 495 g/mol. The number of rotatable bonds is 8. The fourth-order valence-corrected chi connectivity index (χ4v) is 4.28. The third-order valence-electron chi connectivity index (χ3n) is 4.32. The summed E-state index contributed by atoms with van der Waals surface area (Å²) in [5.74, 6) is -0.997. The first kappa shape index (κ1) is 24.6. The molecule has 0 bridgehead atoms. The number of thioether (sulfide) groups is 1. The number of ether oxygens (including phenoxy) is 2. The number of carbonyl (C=O) groups excluding carboxylic acids is 3. The number of hydrogen-bond acceptors (Lipinski definition) is 8. The molecule has 1 aliphatic rings. The number of non-ortho nitro benzene ring substituents is 1. The van der Waals surface area contributed by atoms with Crippen molar-refractivity contribution in [1.29, 1.82) is 0 Å². The number of nitrogens with zero attached hydrogens (tertiary/aromatic N) is 2. The first-order valence-electron chi connectivity index (χ1n) is 9.45. The average Bonchev–Trinajstić information content (AvgIpc) is 3.01. The van der Waals surface area contributed by atoms with Gasteiger partial charge in [-0.05, 0) is 48.0 Å². The number of benzene rings is 2. The third kappa shape index (κ3) is 6.04. The van der Waals surface area contributed by atoms with E-state index in [1.807, 2.05) is 0 Å². The van der Waals surface area contributed by atoms with Crippen LogP contribution in [0.5, 0.6) is 5.75 Å². The number of carbonyl (C=O) groups is 3. The van der Waals surface area contributed by atoms with Gasteiger partial charge in [-0.25, -0.2) is 4.79 Å². The zero-order valence-electron chi connectivity index (χ0n) is 17.1. The molecule has 3 rings (SSSR count). The normalized spacial score (nSPS) is 14.6. The number of imide groups is 1. The molecule has 0 saturated carbocycles. The van der Waals surface area contributed by atoms with Crippen LogP contribution < -0.4 is 4.74 Å². The quantitative estimate of drug-likeness (QED) is 0.209. The third-order valence-corrected chi connectivity index (χ3v) is 5.79. The van der Waals surface area contributed by atoms with Crippen molar-refractivity contribution in [2.45, 2.75) is 13.5 Å². The topological polar surface area (TPSA) is 116 Å². The number of amides is 2. The minimum absolute atomic E-state index is 0.0256. The van der Waals surface area contributed by atoms with E-state index < -0.39 is 22.0 Å². The molecule has 0 aromatic heterocycles. The maximum atomic E-state index is 12.7. The highest BCUT2D eigenvalue weighted by Gasteiger charge is 2.35. The Bertz CT molecular complexity index is 1130. The van der Waals surface area contributed by atoms with Crippen molar-refractivity contribution >= 4 is 63.8 Å². The Hall–Kier alpha value is -3.08. The lowest BCUT2D eigenvalue weighted by atomic mass is 10.2. The van der Waals surface area contributed by atoms with Gasteiger partial charge in [0.2, 0.25) is 0 Å². The Kier molecular flexibility index (Phi) is 7.96. The lowest BCUT2D eigenvalue weighted by Crippen LogP contribution is -2.27. The van der Waals surface area contributed by atoms with Crippen molar-refractivity contribution < 1.29 is 28.8 Å². The van der Waals surface area contributed by atoms with Crippen LogP contribution in [0, 0.1) is 10.1 Å². The number of halogens is 2. The van der Waals surface area contributed by atoms with Crippen LogP contribution in [0.3, 0.4) is 0 Å². The van der Waals surface area contributed by atoms with Crippen LogP contribution in [0.25, 0.3) is 6.08 Å². The Morgan fingerprint density at radius 3 is 2.39 bits per heavy atom. The Balaban J connectivity index is 1.74. The van der Waals surface area contributed by atoms with E-state index in [2.05, 4.69) is 0 Å². The molecule has 9 nitrogen and oxygen atoms in total. The van der Waals surface area contributed by atoms with Gasteiger partial charge in [-0.1, -0.05) is 35.3 Å². The zero-order chi connectivity index (χ0) is 24.1. The monoisotopic (exact) mass is 510 g/mol. The first-order chi connectivity index (χ1) is 15.7. The summed E-state index contributed by atoms with van der Waals surface area (Å²) in [5.41, 5.74) is 0.934. The van der Waals surface area contributed by atoms with E-state index in [1.54, 1.807) is 6.92 Å². The van der Waals surface area contributed by atoms with Gasteiger partial charge in [0.05, 0.1) is 33.0 Å². The fourth-order valence-electron chi connectivity index (χ4n) is 2.83. The molecule has 2 aromatic rings. The van der Waals surface area contributed by atoms with Crippen LogP contribution >= 0.6 is 35.0 Å². The summed E-state index contributed by atoms with van der Waals surface area (Å²) in [6, 6.07) is 8.55. The van der Waals surface area contributed by atoms with E-state index >= 15 is 0 Å². The second-order valence-electron chi connectivity index (χ2n) is 6.60. The maximum Gasteiger partial charge on any atom is 0.344 e.